The lowest BCUT2D eigenvalue weighted by molar-refractivity contribution is -0.120. The molecule has 0 aliphatic carbocycles. The number of nitrogens with one attached hydrogen (secondary N) is 1. The number of nitrogens with zero attached hydrogens (tertiary/aromatic N) is 1. The van der Waals surface area contributed by atoms with Crippen LogP contribution in [-0.2, 0) is 4.79 Å². The molecule has 1 aliphatic rings. The molecule has 1 unspecified atom stereocenters. The van der Waals surface area contributed by atoms with E-state index in [2.05, 4.69) is 10.2 Å². The number of anilines is 1. The number of carbonyl (C=O) groups is 1. The van der Waals surface area contributed by atoms with E-state index in [0.717, 1.165) is 13.1 Å². The molecule has 0 radical (unpaired) electrons. The standard InChI is InChI=1S/C18H28N2O3/c1-14(20-11-7-5-4-6-8-12-20)18(21)19-16-13-15(22-2)9-10-17(16)23-3/h9-10,13-14H,4-8,11-12H2,1-3H3,(H,19,21). The Morgan fingerprint density at radius 1 is 1.09 bits per heavy atom. The minimum atomic E-state index is -0.149. The highest BCUT2D eigenvalue weighted by molar-refractivity contribution is 5.96. The van der Waals surface area contributed by atoms with Gasteiger partial charge in [-0.15, -0.1) is 0 Å². The summed E-state index contributed by atoms with van der Waals surface area (Å²) >= 11 is 0. The average Bonchev–Trinajstić information content (AvgIpc) is 2.53. The van der Waals surface area contributed by atoms with Crippen LogP contribution in [0.3, 0.4) is 0 Å². The lowest BCUT2D eigenvalue weighted by atomic mass is 10.1. The van der Waals surface area contributed by atoms with E-state index >= 15 is 0 Å². The zero-order chi connectivity index (χ0) is 16.7. The molecule has 1 saturated heterocycles. The summed E-state index contributed by atoms with van der Waals surface area (Å²) < 4.78 is 10.5. The Kier molecular flexibility index (Phi) is 6.71. The van der Waals surface area contributed by atoms with Gasteiger partial charge in [-0.3, -0.25) is 9.69 Å². The Labute approximate surface area is 139 Å². The van der Waals surface area contributed by atoms with Crippen LogP contribution in [-0.4, -0.2) is 44.2 Å². The molecule has 1 amide bonds. The van der Waals surface area contributed by atoms with Crippen molar-refractivity contribution in [3.05, 3.63) is 18.2 Å². The molecule has 128 valence electrons. The van der Waals surface area contributed by atoms with Gasteiger partial charge >= 0.3 is 0 Å². The smallest absolute Gasteiger partial charge is 0.241 e. The van der Waals surface area contributed by atoms with Crippen LogP contribution in [0.4, 0.5) is 5.69 Å². The van der Waals surface area contributed by atoms with Gasteiger partial charge in [-0.05, 0) is 45.0 Å². The molecule has 0 bridgehead atoms. The van der Waals surface area contributed by atoms with Crippen LogP contribution in [0, 0.1) is 0 Å². The summed E-state index contributed by atoms with van der Waals surface area (Å²) in [4.78, 5) is 14.9. The Hall–Kier alpha value is -1.75. The number of methoxy groups -OCH3 is 2. The molecule has 1 aromatic carbocycles. The maximum atomic E-state index is 12.6. The second-order valence-electron chi connectivity index (χ2n) is 6.04. The van der Waals surface area contributed by atoms with Gasteiger partial charge < -0.3 is 14.8 Å². The number of carbonyl (C=O) groups excluding carboxylic acids is 1. The van der Waals surface area contributed by atoms with E-state index in [4.69, 9.17) is 9.47 Å². The lowest BCUT2D eigenvalue weighted by Crippen LogP contribution is -2.43. The van der Waals surface area contributed by atoms with Crippen LogP contribution in [0.2, 0.25) is 0 Å². The summed E-state index contributed by atoms with van der Waals surface area (Å²) in [6, 6.07) is 5.26. The molecule has 2 rings (SSSR count). The molecule has 1 N–H and O–H groups in total. The van der Waals surface area contributed by atoms with Gasteiger partial charge in [0.2, 0.25) is 5.91 Å². The molecule has 1 heterocycles. The van der Waals surface area contributed by atoms with Gasteiger partial charge in [-0.1, -0.05) is 19.3 Å². The van der Waals surface area contributed by atoms with Gasteiger partial charge in [0.05, 0.1) is 25.9 Å². The Morgan fingerprint density at radius 2 is 1.74 bits per heavy atom. The number of ether oxygens (including phenoxy) is 2. The van der Waals surface area contributed by atoms with E-state index in [1.807, 2.05) is 13.0 Å². The molecular formula is C18H28N2O3. The van der Waals surface area contributed by atoms with Crippen LogP contribution < -0.4 is 14.8 Å². The van der Waals surface area contributed by atoms with Gasteiger partial charge in [0.15, 0.2) is 0 Å². The summed E-state index contributed by atoms with van der Waals surface area (Å²) in [5, 5.41) is 2.98. The zero-order valence-electron chi connectivity index (χ0n) is 14.4. The van der Waals surface area contributed by atoms with E-state index in [9.17, 15) is 4.79 Å². The van der Waals surface area contributed by atoms with Crippen LogP contribution in [0.1, 0.15) is 39.0 Å². The third-order valence-corrected chi connectivity index (χ3v) is 4.48. The lowest BCUT2D eigenvalue weighted by Gasteiger charge is -2.29. The highest BCUT2D eigenvalue weighted by atomic mass is 16.5. The molecule has 1 atom stereocenters. The Balaban J connectivity index is 2.04. The molecule has 5 nitrogen and oxygen atoms in total. The maximum absolute atomic E-state index is 12.6. The van der Waals surface area contributed by atoms with E-state index in [0.29, 0.717) is 17.2 Å². The molecule has 0 spiro atoms. The van der Waals surface area contributed by atoms with Crippen molar-refractivity contribution in [2.75, 3.05) is 32.6 Å². The van der Waals surface area contributed by atoms with Crippen molar-refractivity contribution in [2.45, 2.75) is 45.1 Å². The van der Waals surface area contributed by atoms with E-state index in [-0.39, 0.29) is 11.9 Å². The number of likely N-dealkylation sites (tertiary alicyclic amines) is 1. The summed E-state index contributed by atoms with van der Waals surface area (Å²) in [5.74, 6) is 1.33. The molecule has 23 heavy (non-hydrogen) atoms. The quantitative estimate of drug-likeness (QED) is 0.904. The first-order valence-electron chi connectivity index (χ1n) is 8.42. The number of benzene rings is 1. The third kappa shape index (κ3) is 4.86. The van der Waals surface area contributed by atoms with Gasteiger partial charge in [-0.2, -0.15) is 0 Å². The topological polar surface area (TPSA) is 50.8 Å². The largest absolute Gasteiger partial charge is 0.497 e. The fraction of sp³-hybridized carbons (Fsp3) is 0.611. The van der Waals surface area contributed by atoms with Crippen molar-refractivity contribution in [3.8, 4) is 11.5 Å². The van der Waals surface area contributed by atoms with Crippen molar-refractivity contribution >= 4 is 11.6 Å². The summed E-state index contributed by atoms with van der Waals surface area (Å²) in [5.41, 5.74) is 0.649. The van der Waals surface area contributed by atoms with Crippen LogP contribution >= 0.6 is 0 Å². The first-order valence-corrected chi connectivity index (χ1v) is 8.42. The van der Waals surface area contributed by atoms with Crippen LogP contribution in [0.15, 0.2) is 18.2 Å². The molecular weight excluding hydrogens is 292 g/mol. The van der Waals surface area contributed by atoms with Crippen molar-refractivity contribution in [1.82, 2.24) is 4.90 Å². The van der Waals surface area contributed by atoms with Crippen LogP contribution in [0.5, 0.6) is 11.5 Å². The van der Waals surface area contributed by atoms with Gasteiger partial charge in [-0.25, -0.2) is 0 Å². The predicted octanol–water partition coefficient (Wildman–Crippen LogP) is 3.30. The predicted molar refractivity (Wildman–Crippen MR) is 92.3 cm³/mol. The molecule has 5 heteroatoms. The molecule has 1 aliphatic heterocycles. The first-order chi connectivity index (χ1) is 11.2. The highest BCUT2D eigenvalue weighted by Crippen LogP contribution is 2.29. The zero-order valence-corrected chi connectivity index (χ0v) is 14.4. The monoisotopic (exact) mass is 320 g/mol. The minimum absolute atomic E-state index is 0.00266. The van der Waals surface area contributed by atoms with Crippen molar-refractivity contribution in [3.63, 3.8) is 0 Å². The van der Waals surface area contributed by atoms with Gasteiger partial charge in [0.25, 0.3) is 0 Å². The van der Waals surface area contributed by atoms with Crippen molar-refractivity contribution in [2.24, 2.45) is 0 Å². The fourth-order valence-electron chi connectivity index (χ4n) is 2.97. The summed E-state index contributed by atoms with van der Waals surface area (Å²) in [7, 11) is 3.20. The molecule has 0 aromatic heterocycles. The third-order valence-electron chi connectivity index (χ3n) is 4.48. The molecule has 1 fully saturated rings. The number of hydrogen-bond donors (Lipinski definition) is 1. The van der Waals surface area contributed by atoms with Gasteiger partial charge in [0.1, 0.15) is 11.5 Å². The maximum Gasteiger partial charge on any atom is 0.241 e. The van der Waals surface area contributed by atoms with Gasteiger partial charge in [0, 0.05) is 6.07 Å². The average molecular weight is 320 g/mol. The number of hydrogen-bond acceptors (Lipinski definition) is 4. The highest BCUT2D eigenvalue weighted by Gasteiger charge is 2.22. The second-order valence-corrected chi connectivity index (χ2v) is 6.04. The van der Waals surface area contributed by atoms with E-state index in [1.165, 1.54) is 32.1 Å². The summed E-state index contributed by atoms with van der Waals surface area (Å²) in [6.45, 7) is 3.96. The van der Waals surface area contributed by atoms with E-state index < -0.39 is 0 Å². The molecule has 1 aromatic rings. The minimum Gasteiger partial charge on any atom is -0.497 e. The molecule has 0 saturated carbocycles. The van der Waals surface area contributed by atoms with Crippen molar-refractivity contribution < 1.29 is 14.3 Å². The Morgan fingerprint density at radius 3 is 2.35 bits per heavy atom. The SMILES string of the molecule is COc1ccc(OC)c(NC(=O)C(C)N2CCCCCCC2)c1. The number of rotatable bonds is 5. The van der Waals surface area contributed by atoms with Crippen LogP contribution in [0.25, 0.3) is 0 Å². The summed E-state index contributed by atoms with van der Waals surface area (Å²) in [6.07, 6.45) is 6.17. The van der Waals surface area contributed by atoms with E-state index in [1.54, 1.807) is 26.4 Å². The number of amides is 1. The second kappa shape index (κ2) is 8.77. The fourth-order valence-corrected chi connectivity index (χ4v) is 2.97. The van der Waals surface area contributed by atoms with Crippen molar-refractivity contribution in [1.29, 1.82) is 0 Å². The normalized spacial score (nSPS) is 17.7. The Bertz CT molecular complexity index is 511. The first kappa shape index (κ1) is 17.6.